The van der Waals surface area contributed by atoms with Crippen molar-refractivity contribution in [2.75, 3.05) is 0 Å². The van der Waals surface area contributed by atoms with Gasteiger partial charge >= 0.3 is 0 Å². The van der Waals surface area contributed by atoms with Gasteiger partial charge in [-0.25, -0.2) is 0 Å². The molecule has 4 nitrogen and oxygen atoms in total. The summed E-state index contributed by atoms with van der Waals surface area (Å²) in [7, 11) is 0. The number of nitrogens with two attached hydrogens (primary N) is 1. The molecule has 1 amide bonds. The number of carbonyl (C=O) groups is 1. The highest BCUT2D eigenvalue weighted by Gasteiger charge is 2.35. The third-order valence-electron chi connectivity index (χ3n) is 4.19. The monoisotopic (exact) mass is 305 g/mol. The van der Waals surface area contributed by atoms with Crippen molar-refractivity contribution in [1.82, 2.24) is 10.3 Å². The van der Waals surface area contributed by atoms with Gasteiger partial charge in [0.15, 0.2) is 0 Å². The van der Waals surface area contributed by atoms with Crippen LogP contribution in [0.4, 0.5) is 0 Å². The number of aryl methyl sites for hydroxylation is 1. The van der Waals surface area contributed by atoms with Gasteiger partial charge in [-0.15, -0.1) is 0 Å². The van der Waals surface area contributed by atoms with Crippen molar-refractivity contribution in [2.24, 2.45) is 5.73 Å². The van der Waals surface area contributed by atoms with Crippen LogP contribution in [0.5, 0.6) is 0 Å². The Balaban J connectivity index is 2.18. The molecule has 0 saturated heterocycles. The molecule has 0 aliphatic heterocycles. The van der Waals surface area contributed by atoms with Crippen LogP contribution in [0.25, 0.3) is 0 Å². The van der Waals surface area contributed by atoms with Gasteiger partial charge in [-0.2, -0.15) is 0 Å². The predicted octanol–water partition coefficient (Wildman–Crippen LogP) is 2.89. The Bertz CT molecular complexity index is 522. The zero-order valence-corrected chi connectivity index (χ0v) is 13.3. The predicted molar refractivity (Wildman–Crippen MR) is 88.3 cm³/mol. The Morgan fingerprint density at radius 2 is 1.90 bits per heavy atom. The van der Waals surface area contributed by atoms with Crippen molar-refractivity contribution in [1.29, 1.82) is 0 Å². The molecule has 0 bridgehead atoms. The SMILES string of the molecule is Cc1cc(C(=O)NC2(C(N)=S)CCCCCCC2)ccn1. The van der Waals surface area contributed by atoms with Crippen LogP contribution < -0.4 is 11.1 Å². The van der Waals surface area contributed by atoms with Gasteiger partial charge in [0.25, 0.3) is 5.91 Å². The van der Waals surface area contributed by atoms with Crippen LogP contribution in [0, 0.1) is 6.92 Å². The van der Waals surface area contributed by atoms with Crippen molar-refractivity contribution in [3.8, 4) is 0 Å². The molecular formula is C16H23N3OS. The van der Waals surface area contributed by atoms with Crippen LogP contribution in [0.1, 0.15) is 61.0 Å². The molecule has 1 aromatic rings. The minimum atomic E-state index is -0.538. The van der Waals surface area contributed by atoms with Crippen LogP contribution in [0.3, 0.4) is 0 Å². The third-order valence-corrected chi connectivity index (χ3v) is 4.58. The van der Waals surface area contributed by atoms with E-state index < -0.39 is 5.54 Å². The molecule has 0 atom stereocenters. The van der Waals surface area contributed by atoms with Crippen molar-refractivity contribution < 1.29 is 4.79 Å². The van der Waals surface area contributed by atoms with Gasteiger partial charge in [-0.05, 0) is 31.9 Å². The van der Waals surface area contributed by atoms with Gasteiger partial charge < -0.3 is 11.1 Å². The molecule has 1 fully saturated rings. The van der Waals surface area contributed by atoms with Crippen molar-refractivity contribution in [3.05, 3.63) is 29.6 Å². The average Bonchev–Trinajstić information content (AvgIpc) is 2.41. The summed E-state index contributed by atoms with van der Waals surface area (Å²) in [6, 6.07) is 3.50. The summed E-state index contributed by atoms with van der Waals surface area (Å²) in [5, 5.41) is 3.11. The Morgan fingerprint density at radius 1 is 1.29 bits per heavy atom. The van der Waals surface area contributed by atoms with Gasteiger partial charge in [0, 0.05) is 17.5 Å². The van der Waals surface area contributed by atoms with E-state index in [-0.39, 0.29) is 5.91 Å². The number of nitrogens with one attached hydrogen (secondary N) is 1. The van der Waals surface area contributed by atoms with Crippen LogP contribution in [0.15, 0.2) is 18.3 Å². The topological polar surface area (TPSA) is 68.0 Å². The van der Waals surface area contributed by atoms with E-state index >= 15 is 0 Å². The Kier molecular flexibility index (Phi) is 5.28. The largest absolute Gasteiger partial charge is 0.391 e. The van der Waals surface area contributed by atoms with E-state index in [4.69, 9.17) is 18.0 Å². The quantitative estimate of drug-likeness (QED) is 0.843. The maximum Gasteiger partial charge on any atom is 0.252 e. The summed E-state index contributed by atoms with van der Waals surface area (Å²) in [4.78, 5) is 17.0. The van der Waals surface area contributed by atoms with Crippen LogP contribution in [0.2, 0.25) is 0 Å². The molecule has 0 unspecified atom stereocenters. The van der Waals surface area contributed by atoms with Gasteiger partial charge in [0.05, 0.1) is 10.5 Å². The van der Waals surface area contributed by atoms with Gasteiger partial charge in [-0.1, -0.05) is 44.3 Å². The van der Waals surface area contributed by atoms with Gasteiger partial charge in [-0.3, -0.25) is 9.78 Å². The first-order valence-corrected chi connectivity index (χ1v) is 7.99. The first-order valence-electron chi connectivity index (χ1n) is 7.59. The summed E-state index contributed by atoms with van der Waals surface area (Å²) < 4.78 is 0. The molecule has 1 aromatic heterocycles. The van der Waals surface area contributed by atoms with E-state index in [9.17, 15) is 4.79 Å². The second kappa shape index (κ2) is 6.98. The molecule has 1 aliphatic rings. The van der Waals surface area contributed by atoms with E-state index in [1.54, 1.807) is 18.3 Å². The van der Waals surface area contributed by atoms with E-state index in [2.05, 4.69) is 10.3 Å². The number of thiocarbonyl (C=S) groups is 1. The van der Waals surface area contributed by atoms with Gasteiger partial charge in [0.2, 0.25) is 0 Å². The molecule has 0 aromatic carbocycles. The summed E-state index contributed by atoms with van der Waals surface area (Å²) in [6.07, 6.45) is 9.01. The molecule has 1 saturated carbocycles. The van der Waals surface area contributed by atoms with Crippen LogP contribution in [-0.4, -0.2) is 21.4 Å². The lowest BCUT2D eigenvalue weighted by atomic mass is 9.83. The number of pyridine rings is 1. The molecule has 1 heterocycles. The van der Waals surface area contributed by atoms with E-state index in [1.807, 2.05) is 6.92 Å². The Labute approximate surface area is 131 Å². The van der Waals surface area contributed by atoms with Crippen LogP contribution in [-0.2, 0) is 0 Å². The number of carbonyl (C=O) groups excluding carboxylic acids is 1. The summed E-state index contributed by atoms with van der Waals surface area (Å²) >= 11 is 5.28. The smallest absolute Gasteiger partial charge is 0.252 e. The highest BCUT2D eigenvalue weighted by molar-refractivity contribution is 7.80. The second-order valence-corrected chi connectivity index (χ2v) is 6.29. The van der Waals surface area contributed by atoms with Crippen LogP contribution >= 0.6 is 12.2 Å². The molecule has 5 heteroatoms. The lowest BCUT2D eigenvalue weighted by molar-refractivity contribution is 0.0912. The zero-order chi connectivity index (χ0) is 15.3. The first kappa shape index (κ1) is 15.9. The maximum atomic E-state index is 12.5. The molecule has 0 spiro atoms. The lowest BCUT2D eigenvalue weighted by Crippen LogP contribution is -2.57. The summed E-state index contributed by atoms with van der Waals surface area (Å²) in [5.41, 5.74) is 6.88. The summed E-state index contributed by atoms with van der Waals surface area (Å²) in [6.45, 7) is 1.87. The molecule has 2 rings (SSSR count). The molecular weight excluding hydrogens is 282 g/mol. The fraction of sp³-hybridized carbons (Fsp3) is 0.562. The zero-order valence-electron chi connectivity index (χ0n) is 12.5. The highest BCUT2D eigenvalue weighted by atomic mass is 32.1. The molecule has 114 valence electrons. The fourth-order valence-corrected chi connectivity index (χ4v) is 3.17. The number of rotatable bonds is 3. The number of hydrogen-bond donors (Lipinski definition) is 2. The van der Waals surface area contributed by atoms with E-state index in [0.717, 1.165) is 31.4 Å². The standard InChI is InChI=1S/C16H23N3OS/c1-12-11-13(7-10-18-12)14(20)19-16(15(17)21)8-5-3-2-4-6-9-16/h7,10-11H,2-6,8-9H2,1H3,(H2,17,21)(H,19,20). The minimum absolute atomic E-state index is 0.117. The third kappa shape index (κ3) is 4.00. The second-order valence-electron chi connectivity index (χ2n) is 5.85. The Hall–Kier alpha value is -1.49. The molecule has 0 radical (unpaired) electrons. The molecule has 1 aliphatic carbocycles. The lowest BCUT2D eigenvalue weighted by Gasteiger charge is -2.35. The first-order chi connectivity index (χ1) is 10.0. The number of amides is 1. The highest BCUT2D eigenvalue weighted by Crippen LogP contribution is 2.27. The maximum absolute atomic E-state index is 12.5. The minimum Gasteiger partial charge on any atom is -0.391 e. The van der Waals surface area contributed by atoms with E-state index in [0.29, 0.717) is 10.6 Å². The number of nitrogens with zero attached hydrogens (tertiary/aromatic N) is 1. The Morgan fingerprint density at radius 3 is 2.48 bits per heavy atom. The molecule has 21 heavy (non-hydrogen) atoms. The van der Waals surface area contributed by atoms with E-state index in [1.165, 1.54) is 19.3 Å². The van der Waals surface area contributed by atoms with Gasteiger partial charge in [0.1, 0.15) is 0 Å². The average molecular weight is 305 g/mol. The summed E-state index contributed by atoms with van der Waals surface area (Å²) in [5.74, 6) is -0.117. The normalized spacial score (nSPS) is 18.3. The molecule has 3 N–H and O–H groups in total. The number of hydrogen-bond acceptors (Lipinski definition) is 3. The fourth-order valence-electron chi connectivity index (χ4n) is 2.92. The van der Waals surface area contributed by atoms with Crippen molar-refractivity contribution in [2.45, 2.75) is 57.4 Å². The number of aromatic nitrogens is 1. The van der Waals surface area contributed by atoms with Crippen molar-refractivity contribution >= 4 is 23.1 Å². The van der Waals surface area contributed by atoms with Crippen molar-refractivity contribution in [3.63, 3.8) is 0 Å².